The van der Waals surface area contributed by atoms with E-state index >= 15 is 0 Å². The molecule has 6 nitrogen and oxygen atoms in total. The molecule has 0 amide bonds. The molecule has 0 fully saturated rings. The van der Waals surface area contributed by atoms with Crippen LogP contribution in [0.2, 0.25) is 0 Å². The van der Waals surface area contributed by atoms with Crippen LogP contribution < -0.4 is 0 Å². The Morgan fingerprint density at radius 2 is 0.458 bits per heavy atom. The predicted octanol–water partition coefficient (Wildman–Crippen LogP) is 22.3. The highest BCUT2D eigenvalue weighted by Gasteiger charge is 2.19. The molecule has 0 aliphatic carbocycles. The van der Waals surface area contributed by atoms with Crippen molar-refractivity contribution in [3.63, 3.8) is 0 Å². The molecule has 0 bridgehead atoms. The summed E-state index contributed by atoms with van der Waals surface area (Å²) in [6, 6.07) is 0. The van der Waals surface area contributed by atoms with Gasteiger partial charge in [-0.15, -0.1) is 0 Å². The van der Waals surface area contributed by atoms with Crippen molar-refractivity contribution < 1.29 is 28.6 Å². The highest BCUT2D eigenvalue weighted by atomic mass is 16.6. The van der Waals surface area contributed by atoms with Crippen LogP contribution in [-0.2, 0) is 28.6 Å². The zero-order valence-corrected chi connectivity index (χ0v) is 52.1. The summed E-state index contributed by atoms with van der Waals surface area (Å²) in [4.78, 5) is 38.2. The summed E-state index contributed by atoms with van der Waals surface area (Å²) < 4.78 is 16.7. The number of carbonyl (C=O) groups is 3. The first kappa shape index (κ1) is 76.5. The molecule has 6 heteroatoms. The van der Waals surface area contributed by atoms with Gasteiger partial charge in [-0.1, -0.05) is 258 Å². The van der Waals surface area contributed by atoms with Crippen LogP contribution in [0.4, 0.5) is 0 Å². The zero-order chi connectivity index (χ0) is 59.9. The van der Waals surface area contributed by atoms with E-state index < -0.39 is 12.1 Å². The van der Waals surface area contributed by atoms with Crippen LogP contribution in [-0.4, -0.2) is 37.2 Å². The van der Waals surface area contributed by atoms with Gasteiger partial charge in [0.1, 0.15) is 13.2 Å². The van der Waals surface area contributed by atoms with Gasteiger partial charge in [0.15, 0.2) is 6.10 Å². The smallest absolute Gasteiger partial charge is 0.306 e. The summed E-state index contributed by atoms with van der Waals surface area (Å²) in [7, 11) is 0. The molecule has 0 aromatic heterocycles. The van der Waals surface area contributed by atoms with E-state index in [1.54, 1.807) is 0 Å². The van der Waals surface area contributed by atoms with Crippen LogP contribution >= 0.6 is 0 Å². The molecule has 1 atom stereocenters. The average molecular weight is 1130 g/mol. The summed E-state index contributed by atoms with van der Waals surface area (Å²) in [5.41, 5.74) is 0. The molecule has 0 saturated heterocycles. The van der Waals surface area contributed by atoms with Crippen molar-refractivity contribution in [2.24, 2.45) is 0 Å². The van der Waals surface area contributed by atoms with E-state index in [0.717, 1.165) is 154 Å². The Hall–Kier alpha value is -6.53. The minimum absolute atomic E-state index is 0.150. The SMILES string of the molecule is CC/C=C\C/C=C\C/C=C\C/C=C\C/C=C\C/C=C\C/C=C\C/C=C\C/C=C\CCCCCC(=O)OCC(COC(=O)CC/C=C\C/C=C\C/C=C\C/C=C\CC)OC(=O)CCCC/C=C\C/C=C\C/C=C\C/C=C\C/C=C\C/C=C\CC. The van der Waals surface area contributed by atoms with Gasteiger partial charge in [0.05, 0.1) is 0 Å². The lowest BCUT2D eigenvalue weighted by Crippen LogP contribution is -2.30. The lowest BCUT2D eigenvalue weighted by Gasteiger charge is -2.18. The van der Waals surface area contributed by atoms with Crippen LogP contribution in [0, 0.1) is 0 Å². The van der Waals surface area contributed by atoms with Crippen molar-refractivity contribution >= 4 is 17.9 Å². The largest absolute Gasteiger partial charge is 0.462 e. The number of ether oxygens (including phenoxy) is 3. The number of unbranched alkanes of at least 4 members (excludes halogenated alkanes) is 5. The van der Waals surface area contributed by atoms with Crippen LogP contribution in [0.5, 0.6) is 0 Å². The summed E-state index contributed by atoms with van der Waals surface area (Å²) in [5, 5.41) is 0. The molecular weight excluding hydrogens is 1020 g/mol. The van der Waals surface area contributed by atoms with Crippen molar-refractivity contribution in [3.8, 4) is 0 Å². The fourth-order valence-electron chi connectivity index (χ4n) is 7.51. The molecule has 83 heavy (non-hydrogen) atoms. The summed E-state index contributed by atoms with van der Waals surface area (Å²) in [6.45, 7) is 6.13. The zero-order valence-electron chi connectivity index (χ0n) is 52.1. The fourth-order valence-corrected chi connectivity index (χ4v) is 7.51. The topological polar surface area (TPSA) is 78.9 Å². The van der Waals surface area contributed by atoms with E-state index in [9.17, 15) is 14.4 Å². The quantitative estimate of drug-likeness (QED) is 0.0261. The van der Waals surface area contributed by atoms with E-state index in [2.05, 4.69) is 240 Å². The molecule has 456 valence electrons. The van der Waals surface area contributed by atoms with Crippen LogP contribution in [0.1, 0.15) is 213 Å². The monoisotopic (exact) mass is 1130 g/mol. The summed E-state index contributed by atoms with van der Waals surface area (Å²) in [5.74, 6) is -1.13. The Morgan fingerprint density at radius 3 is 0.747 bits per heavy atom. The highest BCUT2D eigenvalue weighted by molar-refractivity contribution is 5.71. The number of rotatable bonds is 54. The Kier molecular flexibility index (Phi) is 62.6. The first-order valence-corrected chi connectivity index (χ1v) is 31.9. The van der Waals surface area contributed by atoms with Crippen molar-refractivity contribution in [2.75, 3.05) is 13.2 Å². The second-order valence-electron chi connectivity index (χ2n) is 19.8. The molecule has 0 aliphatic heterocycles. The number of esters is 3. The van der Waals surface area contributed by atoms with Gasteiger partial charge in [-0.2, -0.15) is 0 Å². The number of hydrogen-bond acceptors (Lipinski definition) is 6. The number of hydrogen-bond donors (Lipinski definition) is 0. The molecule has 1 unspecified atom stereocenters. The lowest BCUT2D eigenvalue weighted by molar-refractivity contribution is -0.166. The molecule has 0 aromatic carbocycles. The van der Waals surface area contributed by atoms with Gasteiger partial charge in [-0.25, -0.2) is 0 Å². The fraction of sp³-hybridized carbons (Fsp3) is 0.468. The number of allylic oxidation sites excluding steroid dienone is 38. The minimum Gasteiger partial charge on any atom is -0.462 e. The second kappa shape index (κ2) is 68.0. The van der Waals surface area contributed by atoms with Gasteiger partial charge in [-0.3, -0.25) is 14.4 Å². The van der Waals surface area contributed by atoms with Crippen molar-refractivity contribution in [3.05, 3.63) is 231 Å². The summed E-state index contributed by atoms with van der Waals surface area (Å²) >= 11 is 0. The Labute approximate surface area is 507 Å². The Morgan fingerprint density at radius 1 is 0.241 bits per heavy atom. The normalized spacial score (nSPS) is 13.7. The molecule has 0 N–H and O–H groups in total. The van der Waals surface area contributed by atoms with E-state index in [1.165, 1.54) is 0 Å². The van der Waals surface area contributed by atoms with Crippen molar-refractivity contribution in [1.82, 2.24) is 0 Å². The molecular formula is C77H112O6. The van der Waals surface area contributed by atoms with Gasteiger partial charge in [0.2, 0.25) is 0 Å². The third-order valence-corrected chi connectivity index (χ3v) is 12.2. The van der Waals surface area contributed by atoms with Gasteiger partial charge in [0, 0.05) is 19.3 Å². The highest BCUT2D eigenvalue weighted by Crippen LogP contribution is 2.10. The first-order valence-electron chi connectivity index (χ1n) is 31.9. The maximum atomic E-state index is 12.9. The van der Waals surface area contributed by atoms with Gasteiger partial charge >= 0.3 is 17.9 Å². The van der Waals surface area contributed by atoms with Crippen molar-refractivity contribution in [1.29, 1.82) is 0 Å². The predicted molar refractivity (Wildman–Crippen MR) is 361 cm³/mol. The van der Waals surface area contributed by atoms with E-state index in [1.807, 2.05) is 12.2 Å². The van der Waals surface area contributed by atoms with Gasteiger partial charge in [-0.05, 0) is 167 Å². The molecule has 0 heterocycles. The maximum absolute atomic E-state index is 12.9. The molecule has 0 aromatic rings. The van der Waals surface area contributed by atoms with E-state index in [4.69, 9.17) is 14.2 Å². The Balaban J connectivity index is 4.56. The van der Waals surface area contributed by atoms with E-state index in [0.29, 0.717) is 19.3 Å². The molecule has 0 spiro atoms. The third-order valence-electron chi connectivity index (χ3n) is 12.2. The molecule has 0 saturated carbocycles. The number of carbonyl (C=O) groups excluding carboxylic acids is 3. The standard InChI is InChI=1S/C77H112O6/c1-4-7-10-13-16-19-22-25-27-29-31-33-34-35-36-37-38-39-40-41-42-44-45-47-49-52-55-58-61-64-67-70-76(79)82-73-74(72-81-75(78)69-66-63-60-57-54-51-24-21-18-15-12-9-6-3)83-77(80)71-68-65-62-59-56-53-50-48-46-43-32-30-28-26-23-20-17-14-11-8-5-2/h7-12,16-21,25-28,31-33,35-36,38-39,41-43,45,47-48,50-52,54-56,59-60,63,74H,4-6,13-15,22-24,29-30,34,37,40,44,46,49,53,57-58,61-62,64-73H2,1-3H3/b10-7-,11-8-,12-9-,19-16-,20-17-,21-18-,27-25-,28-26-,33-31-,36-35-,39-38-,42-41-,43-32-,47-45-,50-48-,54-51-,55-52-,59-56-,63-60-. The first-order chi connectivity index (χ1) is 41.0. The third kappa shape index (κ3) is 66.2. The molecule has 0 rings (SSSR count). The van der Waals surface area contributed by atoms with Crippen LogP contribution in [0.3, 0.4) is 0 Å². The minimum atomic E-state index is -0.861. The van der Waals surface area contributed by atoms with Crippen LogP contribution in [0.25, 0.3) is 0 Å². The summed E-state index contributed by atoms with van der Waals surface area (Å²) in [6.07, 6.45) is 108. The van der Waals surface area contributed by atoms with E-state index in [-0.39, 0.29) is 44.4 Å². The average Bonchev–Trinajstić information content (AvgIpc) is 3.49. The lowest BCUT2D eigenvalue weighted by atomic mass is 10.1. The van der Waals surface area contributed by atoms with Gasteiger partial charge in [0.25, 0.3) is 0 Å². The van der Waals surface area contributed by atoms with Crippen LogP contribution in [0.15, 0.2) is 231 Å². The van der Waals surface area contributed by atoms with Gasteiger partial charge < -0.3 is 14.2 Å². The Bertz CT molecular complexity index is 2130. The van der Waals surface area contributed by atoms with Crippen molar-refractivity contribution in [2.45, 2.75) is 219 Å². The second-order valence-corrected chi connectivity index (χ2v) is 19.8. The molecule has 0 aliphatic rings. The maximum Gasteiger partial charge on any atom is 0.306 e. The molecule has 0 radical (unpaired) electrons.